The van der Waals surface area contributed by atoms with Gasteiger partial charge in [0, 0.05) is 19.2 Å². The normalized spacial score (nSPS) is 20.5. The fourth-order valence-electron chi connectivity index (χ4n) is 2.59. The van der Waals surface area contributed by atoms with Gasteiger partial charge in [-0.1, -0.05) is 0 Å². The van der Waals surface area contributed by atoms with Gasteiger partial charge in [0.2, 0.25) is 0 Å². The minimum absolute atomic E-state index is 0.295. The number of nitrogens with one attached hydrogen (secondary N) is 1. The van der Waals surface area contributed by atoms with Crippen molar-refractivity contribution in [2.24, 2.45) is 10.9 Å². The number of amidine groups is 1. The van der Waals surface area contributed by atoms with Crippen LogP contribution in [0, 0.1) is 5.92 Å². The molecule has 0 spiro atoms. The number of carbonyl (C=O) groups excluding carboxylic acids is 3. The van der Waals surface area contributed by atoms with E-state index < -0.39 is 23.8 Å². The molecule has 1 unspecified atom stereocenters. The van der Waals surface area contributed by atoms with E-state index in [4.69, 9.17) is 9.47 Å². The SMILES string of the molecule is COCCNC(=O)CN1C(=O)C2C(OC)=C(C)C=NC2=[N+](C)C1=O. The number of ether oxygens (including phenoxy) is 2. The van der Waals surface area contributed by atoms with E-state index in [1.807, 2.05) is 0 Å². The lowest BCUT2D eigenvalue weighted by molar-refractivity contribution is -0.408. The Kier molecular flexibility index (Phi) is 5.45. The first-order chi connectivity index (χ1) is 11.4. The molecule has 9 heteroatoms. The fraction of sp³-hybridized carbons (Fsp3) is 0.533. The highest BCUT2D eigenvalue weighted by Gasteiger charge is 2.50. The number of amides is 4. The Labute approximate surface area is 139 Å². The third kappa shape index (κ3) is 3.21. The van der Waals surface area contributed by atoms with E-state index in [-0.39, 0.29) is 6.54 Å². The summed E-state index contributed by atoms with van der Waals surface area (Å²) < 4.78 is 11.4. The topological polar surface area (TPSA) is 100 Å². The number of allylic oxidation sites excluding steroid dienone is 1. The van der Waals surface area contributed by atoms with Crippen molar-refractivity contribution >= 4 is 29.9 Å². The van der Waals surface area contributed by atoms with Crippen molar-refractivity contribution in [2.45, 2.75) is 6.92 Å². The fourth-order valence-corrected chi connectivity index (χ4v) is 2.59. The Hall–Kier alpha value is -2.55. The van der Waals surface area contributed by atoms with Gasteiger partial charge in [-0.3, -0.25) is 9.59 Å². The Morgan fingerprint density at radius 1 is 1.42 bits per heavy atom. The largest absolute Gasteiger partial charge is 0.499 e. The first-order valence-corrected chi connectivity index (χ1v) is 7.42. The van der Waals surface area contributed by atoms with Crippen molar-refractivity contribution in [3.8, 4) is 0 Å². The zero-order chi connectivity index (χ0) is 17.9. The predicted molar refractivity (Wildman–Crippen MR) is 84.9 cm³/mol. The summed E-state index contributed by atoms with van der Waals surface area (Å²) in [5.74, 6) is -1.07. The maximum atomic E-state index is 12.8. The van der Waals surface area contributed by atoms with Crippen molar-refractivity contribution in [3.05, 3.63) is 11.3 Å². The lowest BCUT2D eigenvalue weighted by atomic mass is 9.96. The maximum absolute atomic E-state index is 12.8. The summed E-state index contributed by atoms with van der Waals surface area (Å²) in [5, 5.41) is 2.58. The number of dihydropyridines is 1. The quantitative estimate of drug-likeness (QED) is 0.514. The number of aliphatic imine (C=N–C) groups is 1. The van der Waals surface area contributed by atoms with Crippen LogP contribution in [0.15, 0.2) is 16.3 Å². The van der Waals surface area contributed by atoms with E-state index in [9.17, 15) is 14.4 Å². The molecular formula is C15H21N4O5+. The van der Waals surface area contributed by atoms with Crippen LogP contribution in [0.25, 0.3) is 0 Å². The van der Waals surface area contributed by atoms with E-state index >= 15 is 0 Å². The summed E-state index contributed by atoms with van der Waals surface area (Å²) in [7, 11) is 4.49. The predicted octanol–water partition coefficient (Wildman–Crippen LogP) is -0.627. The lowest BCUT2D eigenvalue weighted by Gasteiger charge is -2.28. The Balaban J connectivity index is 2.26. The van der Waals surface area contributed by atoms with Gasteiger partial charge in [-0.05, 0) is 6.92 Å². The van der Waals surface area contributed by atoms with Crippen molar-refractivity contribution in [2.75, 3.05) is 41.0 Å². The highest BCUT2D eigenvalue weighted by Crippen LogP contribution is 2.27. The molecule has 24 heavy (non-hydrogen) atoms. The molecule has 0 bridgehead atoms. The van der Waals surface area contributed by atoms with E-state index in [0.717, 1.165) is 4.90 Å². The number of urea groups is 1. The number of nitrogens with zero attached hydrogens (tertiary/aromatic N) is 3. The van der Waals surface area contributed by atoms with Crippen molar-refractivity contribution in [3.63, 3.8) is 0 Å². The number of fused-ring (bicyclic) bond motifs is 1. The number of methoxy groups -OCH3 is 2. The molecule has 2 rings (SSSR count). The van der Waals surface area contributed by atoms with E-state index in [2.05, 4.69) is 10.3 Å². The Bertz CT molecular complexity index is 665. The van der Waals surface area contributed by atoms with Crippen LogP contribution in [-0.4, -0.2) is 80.3 Å². The van der Waals surface area contributed by atoms with Crippen LogP contribution < -0.4 is 5.32 Å². The molecule has 0 radical (unpaired) electrons. The molecule has 2 heterocycles. The Morgan fingerprint density at radius 3 is 2.75 bits per heavy atom. The summed E-state index contributed by atoms with van der Waals surface area (Å²) in [4.78, 5) is 42.2. The number of carbonyl (C=O) groups is 3. The average Bonchev–Trinajstić information content (AvgIpc) is 2.56. The van der Waals surface area contributed by atoms with Gasteiger partial charge in [0.25, 0.3) is 11.7 Å². The maximum Gasteiger partial charge on any atom is 0.446 e. The lowest BCUT2D eigenvalue weighted by Crippen LogP contribution is -2.57. The van der Waals surface area contributed by atoms with Crippen LogP contribution in [0.3, 0.4) is 0 Å². The average molecular weight is 337 g/mol. The Morgan fingerprint density at radius 2 is 2.12 bits per heavy atom. The van der Waals surface area contributed by atoms with Gasteiger partial charge in [-0.25, -0.2) is 4.79 Å². The highest BCUT2D eigenvalue weighted by molar-refractivity contribution is 6.16. The molecule has 0 aromatic rings. The second-order valence-electron chi connectivity index (χ2n) is 5.41. The minimum Gasteiger partial charge on any atom is -0.499 e. The van der Waals surface area contributed by atoms with Gasteiger partial charge < -0.3 is 14.8 Å². The van der Waals surface area contributed by atoms with Gasteiger partial charge >= 0.3 is 11.9 Å². The van der Waals surface area contributed by atoms with Crippen molar-refractivity contribution in [1.82, 2.24) is 10.2 Å². The molecule has 0 aromatic heterocycles. The van der Waals surface area contributed by atoms with Crippen LogP contribution in [0.5, 0.6) is 0 Å². The minimum atomic E-state index is -0.825. The number of hydrogen-bond donors (Lipinski definition) is 1. The second-order valence-corrected chi connectivity index (χ2v) is 5.41. The van der Waals surface area contributed by atoms with Crippen molar-refractivity contribution < 1.29 is 28.4 Å². The third-order valence-electron chi connectivity index (χ3n) is 3.82. The second kappa shape index (κ2) is 7.35. The number of imide groups is 1. The van der Waals surface area contributed by atoms with Crippen LogP contribution in [0.1, 0.15) is 6.92 Å². The number of rotatable bonds is 6. The molecule has 130 valence electrons. The zero-order valence-corrected chi connectivity index (χ0v) is 14.2. The molecule has 0 saturated heterocycles. The van der Waals surface area contributed by atoms with E-state index in [1.54, 1.807) is 13.1 Å². The van der Waals surface area contributed by atoms with Crippen LogP contribution in [-0.2, 0) is 19.1 Å². The van der Waals surface area contributed by atoms with Gasteiger partial charge in [-0.15, -0.1) is 4.99 Å². The summed E-state index contributed by atoms with van der Waals surface area (Å²) in [5.41, 5.74) is 0.701. The molecule has 4 amide bonds. The summed E-state index contributed by atoms with van der Waals surface area (Å²) in [6, 6.07) is -0.597. The number of hydrogen-bond acceptors (Lipinski definition) is 6. The molecule has 0 fully saturated rings. The highest BCUT2D eigenvalue weighted by atomic mass is 16.5. The van der Waals surface area contributed by atoms with Crippen LogP contribution >= 0.6 is 0 Å². The molecule has 1 N–H and O–H groups in total. The summed E-state index contributed by atoms with van der Waals surface area (Å²) in [6.45, 7) is 2.05. The molecule has 1 atom stereocenters. The molecule has 2 aliphatic heterocycles. The summed E-state index contributed by atoms with van der Waals surface area (Å²) in [6.07, 6.45) is 1.55. The van der Waals surface area contributed by atoms with Gasteiger partial charge in [-0.2, -0.15) is 9.48 Å². The molecule has 9 nitrogen and oxygen atoms in total. The standard InChI is InChI=1S/C15H20N4O5/c1-9-7-17-13-11(12(9)24-4)14(21)19(15(22)18(13)2)8-10(20)16-5-6-23-3/h7,11H,5-6,8H2,1-4H3/p+1. The molecule has 0 aromatic carbocycles. The molecule has 0 aliphatic carbocycles. The van der Waals surface area contributed by atoms with Gasteiger partial charge in [0.1, 0.15) is 12.0 Å². The van der Waals surface area contributed by atoms with Crippen LogP contribution in [0.2, 0.25) is 0 Å². The van der Waals surface area contributed by atoms with E-state index in [0.29, 0.717) is 30.3 Å². The smallest absolute Gasteiger partial charge is 0.446 e. The molecule has 2 aliphatic rings. The zero-order valence-electron chi connectivity index (χ0n) is 14.2. The summed E-state index contributed by atoms with van der Waals surface area (Å²) >= 11 is 0. The first-order valence-electron chi connectivity index (χ1n) is 7.42. The van der Waals surface area contributed by atoms with Gasteiger partial charge in [0.05, 0.1) is 20.8 Å². The monoisotopic (exact) mass is 337 g/mol. The molecule has 0 saturated carbocycles. The third-order valence-corrected chi connectivity index (χ3v) is 3.82. The van der Waals surface area contributed by atoms with E-state index in [1.165, 1.54) is 25.8 Å². The van der Waals surface area contributed by atoms with Crippen LogP contribution in [0.4, 0.5) is 4.79 Å². The molecular weight excluding hydrogens is 316 g/mol. The van der Waals surface area contributed by atoms with Crippen molar-refractivity contribution in [1.29, 1.82) is 0 Å². The van der Waals surface area contributed by atoms with Gasteiger partial charge in [0.15, 0.2) is 12.5 Å². The first kappa shape index (κ1) is 17.8.